The van der Waals surface area contributed by atoms with Gasteiger partial charge in [-0.05, 0) is 37.0 Å². The van der Waals surface area contributed by atoms with E-state index in [1.807, 2.05) is 11.0 Å². The molecular formula is C22H23FN2O2. The molecule has 0 saturated carbocycles. The van der Waals surface area contributed by atoms with Crippen LogP contribution in [0.25, 0.3) is 0 Å². The highest BCUT2D eigenvalue weighted by Crippen LogP contribution is 2.29. The van der Waals surface area contributed by atoms with Crippen molar-refractivity contribution in [1.82, 2.24) is 9.80 Å². The number of hydrogen-bond donors (Lipinski definition) is 0. The zero-order valence-electron chi connectivity index (χ0n) is 15.2. The van der Waals surface area contributed by atoms with E-state index >= 15 is 0 Å². The molecule has 1 aliphatic carbocycles. The van der Waals surface area contributed by atoms with Crippen molar-refractivity contribution in [3.63, 3.8) is 0 Å². The number of amides is 2. The Morgan fingerprint density at radius 3 is 3.07 bits per heavy atom. The highest BCUT2D eigenvalue weighted by Gasteiger charge is 2.30. The van der Waals surface area contributed by atoms with Crippen molar-refractivity contribution >= 4 is 6.03 Å². The summed E-state index contributed by atoms with van der Waals surface area (Å²) in [5.41, 5.74) is 2.26. The molecule has 2 heterocycles. The topological polar surface area (TPSA) is 32.8 Å². The summed E-state index contributed by atoms with van der Waals surface area (Å²) >= 11 is 0. The van der Waals surface area contributed by atoms with Crippen LogP contribution >= 0.6 is 0 Å². The number of likely N-dealkylation sites (tertiary alicyclic amines) is 1. The van der Waals surface area contributed by atoms with Crippen LogP contribution in [0.15, 0.2) is 72.5 Å². The van der Waals surface area contributed by atoms with Crippen molar-refractivity contribution in [3.05, 3.63) is 83.9 Å². The molecule has 1 aromatic carbocycles. The lowest BCUT2D eigenvalue weighted by atomic mass is 9.98. The predicted octanol–water partition coefficient (Wildman–Crippen LogP) is 5.05. The molecule has 4 nitrogen and oxygen atoms in total. The Hall–Kier alpha value is -2.82. The summed E-state index contributed by atoms with van der Waals surface area (Å²) in [6, 6.07) is 6.61. The van der Waals surface area contributed by atoms with E-state index in [2.05, 4.69) is 18.2 Å². The molecule has 1 unspecified atom stereocenters. The van der Waals surface area contributed by atoms with E-state index in [0.717, 1.165) is 30.6 Å². The number of allylic oxidation sites excluding steroid dienone is 4. The number of ether oxygens (including phenoxy) is 1. The van der Waals surface area contributed by atoms with Crippen LogP contribution in [0, 0.1) is 5.82 Å². The van der Waals surface area contributed by atoms with Gasteiger partial charge in [-0.1, -0.05) is 35.9 Å². The van der Waals surface area contributed by atoms with Crippen molar-refractivity contribution < 1.29 is 13.9 Å². The van der Waals surface area contributed by atoms with Gasteiger partial charge in [0.25, 0.3) is 0 Å². The zero-order chi connectivity index (χ0) is 18.6. The number of carbonyl (C=O) groups is 1. The molecule has 0 aromatic heterocycles. The maximum absolute atomic E-state index is 13.5. The van der Waals surface area contributed by atoms with Gasteiger partial charge in [-0.2, -0.15) is 0 Å². The quantitative estimate of drug-likeness (QED) is 0.750. The number of halogens is 1. The molecular weight excluding hydrogens is 343 g/mol. The Morgan fingerprint density at radius 2 is 2.26 bits per heavy atom. The Labute approximate surface area is 158 Å². The normalized spacial score (nSPS) is 21.7. The molecule has 1 fully saturated rings. The maximum Gasteiger partial charge on any atom is 0.328 e. The number of rotatable bonds is 3. The third-order valence-corrected chi connectivity index (χ3v) is 5.23. The minimum Gasteiger partial charge on any atom is -0.466 e. The van der Waals surface area contributed by atoms with Gasteiger partial charge in [0.2, 0.25) is 0 Å². The maximum atomic E-state index is 13.5. The monoisotopic (exact) mass is 366 g/mol. The van der Waals surface area contributed by atoms with E-state index in [9.17, 15) is 9.18 Å². The molecule has 140 valence electrons. The number of nitrogens with zero attached hydrogens (tertiary/aromatic N) is 2. The molecule has 5 heteroatoms. The van der Waals surface area contributed by atoms with Crippen LogP contribution in [0.2, 0.25) is 0 Å². The van der Waals surface area contributed by atoms with E-state index in [0.29, 0.717) is 19.5 Å². The molecule has 1 aromatic rings. The van der Waals surface area contributed by atoms with E-state index in [-0.39, 0.29) is 17.8 Å². The molecule has 0 spiro atoms. The summed E-state index contributed by atoms with van der Waals surface area (Å²) in [7, 11) is 0. The van der Waals surface area contributed by atoms with Crippen molar-refractivity contribution in [1.29, 1.82) is 0 Å². The SMILES string of the molecule is O=C(N1C=COC(CC2=CC=CCC2)=C1)N1CCC(c2cccc(F)c2)C1. The molecule has 0 N–H and O–H groups in total. The summed E-state index contributed by atoms with van der Waals surface area (Å²) in [6.45, 7) is 1.27. The summed E-state index contributed by atoms with van der Waals surface area (Å²) in [4.78, 5) is 16.3. The van der Waals surface area contributed by atoms with Crippen LogP contribution in [0.1, 0.15) is 37.2 Å². The minimum absolute atomic E-state index is 0.0662. The minimum atomic E-state index is -0.229. The van der Waals surface area contributed by atoms with Gasteiger partial charge in [0.1, 0.15) is 17.8 Å². The van der Waals surface area contributed by atoms with Crippen LogP contribution in [0.3, 0.4) is 0 Å². The van der Waals surface area contributed by atoms with Crippen LogP contribution in [-0.4, -0.2) is 28.9 Å². The molecule has 1 saturated heterocycles. The number of benzene rings is 1. The average Bonchev–Trinajstić information content (AvgIpc) is 3.19. The Balaban J connectivity index is 1.40. The molecule has 0 bridgehead atoms. The first kappa shape index (κ1) is 17.6. The fourth-order valence-electron chi connectivity index (χ4n) is 3.77. The van der Waals surface area contributed by atoms with Gasteiger partial charge < -0.3 is 9.64 Å². The first-order valence-electron chi connectivity index (χ1n) is 9.40. The van der Waals surface area contributed by atoms with E-state index in [1.54, 1.807) is 35.7 Å². The van der Waals surface area contributed by atoms with Gasteiger partial charge in [0.15, 0.2) is 0 Å². The molecule has 0 radical (unpaired) electrons. The Morgan fingerprint density at radius 1 is 1.33 bits per heavy atom. The van der Waals surface area contributed by atoms with Gasteiger partial charge in [-0.25, -0.2) is 9.18 Å². The van der Waals surface area contributed by atoms with Gasteiger partial charge >= 0.3 is 6.03 Å². The summed E-state index contributed by atoms with van der Waals surface area (Å²) < 4.78 is 19.1. The third kappa shape index (κ3) is 4.13. The van der Waals surface area contributed by atoms with Gasteiger partial charge in [0, 0.05) is 31.6 Å². The molecule has 3 aliphatic rings. The fraction of sp³-hybridized carbons (Fsp3) is 0.318. The first-order chi connectivity index (χ1) is 13.2. The van der Waals surface area contributed by atoms with Crippen LogP contribution in [0.5, 0.6) is 0 Å². The second-order valence-corrected chi connectivity index (χ2v) is 7.14. The Bertz CT molecular complexity index is 840. The van der Waals surface area contributed by atoms with E-state index in [1.165, 1.54) is 11.6 Å². The number of urea groups is 1. The van der Waals surface area contributed by atoms with Crippen LogP contribution in [-0.2, 0) is 4.74 Å². The summed E-state index contributed by atoms with van der Waals surface area (Å²) in [6.07, 6.45) is 14.9. The summed E-state index contributed by atoms with van der Waals surface area (Å²) in [5.74, 6) is 0.721. The Kier molecular flexibility index (Phi) is 5.10. The summed E-state index contributed by atoms with van der Waals surface area (Å²) in [5, 5.41) is 0. The van der Waals surface area contributed by atoms with Gasteiger partial charge in [-0.3, -0.25) is 4.90 Å². The predicted molar refractivity (Wildman–Crippen MR) is 102 cm³/mol. The number of hydrogen-bond acceptors (Lipinski definition) is 2. The third-order valence-electron chi connectivity index (χ3n) is 5.23. The van der Waals surface area contributed by atoms with Crippen LogP contribution < -0.4 is 0 Å². The first-order valence-corrected chi connectivity index (χ1v) is 9.40. The fourth-order valence-corrected chi connectivity index (χ4v) is 3.77. The molecule has 4 rings (SSSR count). The van der Waals surface area contributed by atoms with E-state index in [4.69, 9.17) is 4.74 Å². The highest BCUT2D eigenvalue weighted by molar-refractivity contribution is 5.77. The van der Waals surface area contributed by atoms with Crippen molar-refractivity contribution in [2.24, 2.45) is 0 Å². The smallest absolute Gasteiger partial charge is 0.328 e. The highest BCUT2D eigenvalue weighted by atomic mass is 19.1. The lowest BCUT2D eigenvalue weighted by Gasteiger charge is -2.26. The molecule has 1 atom stereocenters. The second-order valence-electron chi connectivity index (χ2n) is 7.14. The standard InChI is InChI=1S/C22H23FN2O2/c23-20-8-4-7-18(14-20)19-9-10-24(15-19)22(26)25-11-12-27-21(16-25)13-17-5-2-1-3-6-17/h1-2,4-5,7-8,11-12,14,16,19H,3,6,9-10,13,15H2. The zero-order valence-corrected chi connectivity index (χ0v) is 15.2. The largest absolute Gasteiger partial charge is 0.466 e. The molecule has 2 aliphatic heterocycles. The average molecular weight is 366 g/mol. The van der Waals surface area contributed by atoms with Crippen molar-refractivity contribution in [2.45, 2.75) is 31.6 Å². The van der Waals surface area contributed by atoms with E-state index < -0.39 is 0 Å². The van der Waals surface area contributed by atoms with Gasteiger partial charge in [-0.15, -0.1) is 0 Å². The molecule has 2 amide bonds. The van der Waals surface area contributed by atoms with Crippen molar-refractivity contribution in [3.8, 4) is 0 Å². The molecule has 27 heavy (non-hydrogen) atoms. The van der Waals surface area contributed by atoms with Crippen molar-refractivity contribution in [2.75, 3.05) is 13.1 Å². The van der Waals surface area contributed by atoms with Crippen LogP contribution in [0.4, 0.5) is 9.18 Å². The number of carbonyl (C=O) groups excluding carboxylic acids is 1. The lowest BCUT2D eigenvalue weighted by Crippen LogP contribution is -2.37. The lowest BCUT2D eigenvalue weighted by molar-refractivity contribution is 0.184. The van der Waals surface area contributed by atoms with Gasteiger partial charge in [0.05, 0.1) is 6.20 Å². The second kappa shape index (κ2) is 7.82.